The van der Waals surface area contributed by atoms with Gasteiger partial charge in [-0.25, -0.2) is 0 Å². The molecule has 0 aliphatic rings. The van der Waals surface area contributed by atoms with Crippen molar-refractivity contribution in [3.63, 3.8) is 0 Å². The Kier molecular flexibility index (Phi) is 4.85. The second kappa shape index (κ2) is 5.49. The Bertz CT molecular complexity index is 236. The van der Waals surface area contributed by atoms with Gasteiger partial charge in [0, 0.05) is 6.08 Å². The lowest BCUT2D eigenvalue weighted by Gasteiger charge is -1.97. The van der Waals surface area contributed by atoms with Crippen LogP contribution in [0.25, 0.3) is 0 Å². The summed E-state index contributed by atoms with van der Waals surface area (Å²) in [4.78, 5) is 0. The topological polar surface area (TPSA) is 23.8 Å². The molecule has 58 valence electrons. The number of hydrogen-bond donors (Lipinski definition) is 0. The van der Waals surface area contributed by atoms with Gasteiger partial charge >= 0.3 is 0 Å². The minimum Gasteiger partial charge on any atom is -0.193 e. The minimum absolute atomic E-state index is 1.01. The van der Waals surface area contributed by atoms with Gasteiger partial charge in [0.15, 0.2) is 0 Å². The highest BCUT2D eigenvalue weighted by Crippen LogP contribution is 2.09. The lowest BCUT2D eigenvalue weighted by molar-refractivity contribution is 1.39. The molecular formula is C10H13N. The van der Waals surface area contributed by atoms with Crippen LogP contribution in [0.3, 0.4) is 0 Å². The van der Waals surface area contributed by atoms with Gasteiger partial charge in [0.1, 0.15) is 0 Å². The van der Waals surface area contributed by atoms with Gasteiger partial charge in [-0.05, 0) is 31.9 Å². The molecule has 0 spiro atoms. The van der Waals surface area contributed by atoms with Gasteiger partial charge in [0.25, 0.3) is 0 Å². The number of nitriles is 1. The highest BCUT2D eigenvalue weighted by atomic mass is 14.2. The predicted molar refractivity (Wildman–Crippen MR) is 47.9 cm³/mol. The normalized spacial score (nSPS) is 13.6. The molecule has 0 rings (SSSR count). The van der Waals surface area contributed by atoms with Crippen LogP contribution in [-0.4, -0.2) is 0 Å². The van der Waals surface area contributed by atoms with Gasteiger partial charge in [-0.1, -0.05) is 18.2 Å². The predicted octanol–water partition coefficient (Wildman–Crippen LogP) is 2.98. The van der Waals surface area contributed by atoms with Crippen LogP contribution in [0.1, 0.15) is 20.8 Å². The Hall–Kier alpha value is -1.29. The summed E-state index contributed by atoms with van der Waals surface area (Å²) in [7, 11) is 0. The van der Waals surface area contributed by atoms with Crippen molar-refractivity contribution in [3.05, 3.63) is 35.5 Å². The van der Waals surface area contributed by atoms with Gasteiger partial charge in [0.2, 0.25) is 0 Å². The van der Waals surface area contributed by atoms with Crippen molar-refractivity contribution in [2.24, 2.45) is 0 Å². The van der Waals surface area contributed by atoms with E-state index in [0.29, 0.717) is 0 Å². The van der Waals surface area contributed by atoms with E-state index < -0.39 is 0 Å². The van der Waals surface area contributed by atoms with Crippen LogP contribution in [0, 0.1) is 11.3 Å². The fourth-order valence-corrected chi connectivity index (χ4v) is 0.815. The van der Waals surface area contributed by atoms with E-state index in [9.17, 15) is 0 Å². The van der Waals surface area contributed by atoms with Crippen LogP contribution in [0.4, 0.5) is 0 Å². The van der Waals surface area contributed by atoms with E-state index in [1.807, 2.05) is 45.1 Å². The fourth-order valence-electron chi connectivity index (χ4n) is 0.815. The first-order valence-corrected chi connectivity index (χ1v) is 3.62. The Labute approximate surface area is 68.3 Å². The molecule has 0 aliphatic carbocycles. The van der Waals surface area contributed by atoms with E-state index in [0.717, 1.165) is 11.1 Å². The third kappa shape index (κ3) is 3.42. The number of nitrogens with zero attached hydrogens (tertiary/aromatic N) is 1. The van der Waals surface area contributed by atoms with Crippen molar-refractivity contribution in [1.29, 1.82) is 5.26 Å². The fraction of sp³-hybridized carbons (Fsp3) is 0.300. The summed E-state index contributed by atoms with van der Waals surface area (Å²) in [5.74, 6) is 0. The van der Waals surface area contributed by atoms with Crippen molar-refractivity contribution in [2.45, 2.75) is 20.8 Å². The summed E-state index contributed by atoms with van der Waals surface area (Å²) < 4.78 is 0. The molecule has 0 aliphatic heterocycles. The Balaban J connectivity index is 4.57. The third-order valence-corrected chi connectivity index (χ3v) is 1.39. The summed E-state index contributed by atoms with van der Waals surface area (Å²) >= 11 is 0. The van der Waals surface area contributed by atoms with Crippen LogP contribution in [0.5, 0.6) is 0 Å². The van der Waals surface area contributed by atoms with E-state index in [1.54, 1.807) is 6.08 Å². The SMILES string of the molecule is C\C=C/C(=C\C)C(/C)=C\C#N. The summed E-state index contributed by atoms with van der Waals surface area (Å²) in [6, 6.07) is 2.00. The van der Waals surface area contributed by atoms with E-state index >= 15 is 0 Å². The first-order chi connectivity index (χ1) is 5.26. The molecule has 1 heteroatoms. The quantitative estimate of drug-likeness (QED) is 0.435. The zero-order valence-corrected chi connectivity index (χ0v) is 7.26. The Morgan fingerprint density at radius 2 is 2.00 bits per heavy atom. The highest BCUT2D eigenvalue weighted by Gasteiger charge is 1.91. The van der Waals surface area contributed by atoms with Gasteiger partial charge in [-0.15, -0.1) is 0 Å². The van der Waals surface area contributed by atoms with E-state index in [2.05, 4.69) is 0 Å². The average molecular weight is 147 g/mol. The second-order valence-electron chi connectivity index (χ2n) is 2.20. The summed E-state index contributed by atoms with van der Waals surface area (Å²) in [6.07, 6.45) is 7.49. The summed E-state index contributed by atoms with van der Waals surface area (Å²) in [5, 5.41) is 8.37. The van der Waals surface area contributed by atoms with Crippen LogP contribution in [-0.2, 0) is 0 Å². The van der Waals surface area contributed by atoms with Gasteiger partial charge < -0.3 is 0 Å². The number of rotatable bonds is 2. The molecule has 0 saturated carbocycles. The second-order valence-corrected chi connectivity index (χ2v) is 2.20. The zero-order valence-electron chi connectivity index (χ0n) is 7.26. The van der Waals surface area contributed by atoms with E-state index in [-0.39, 0.29) is 0 Å². The van der Waals surface area contributed by atoms with Crippen molar-refractivity contribution in [2.75, 3.05) is 0 Å². The van der Waals surface area contributed by atoms with Gasteiger partial charge in [-0.2, -0.15) is 5.26 Å². The minimum atomic E-state index is 1.01. The monoisotopic (exact) mass is 147 g/mol. The van der Waals surface area contributed by atoms with Crippen LogP contribution in [0.2, 0.25) is 0 Å². The van der Waals surface area contributed by atoms with Crippen molar-refractivity contribution in [1.82, 2.24) is 0 Å². The molecule has 0 saturated heterocycles. The zero-order chi connectivity index (χ0) is 8.69. The van der Waals surface area contributed by atoms with Crippen LogP contribution < -0.4 is 0 Å². The molecule has 0 atom stereocenters. The molecule has 0 unspecified atom stereocenters. The molecule has 1 nitrogen and oxygen atoms in total. The molecule has 0 aromatic carbocycles. The Morgan fingerprint density at radius 3 is 2.36 bits per heavy atom. The van der Waals surface area contributed by atoms with Gasteiger partial charge in [0.05, 0.1) is 6.07 Å². The Morgan fingerprint density at radius 1 is 1.36 bits per heavy atom. The smallest absolute Gasteiger partial charge is 0.0915 e. The molecule has 0 amide bonds. The van der Waals surface area contributed by atoms with Crippen LogP contribution in [0.15, 0.2) is 35.5 Å². The largest absolute Gasteiger partial charge is 0.193 e. The van der Waals surface area contributed by atoms with Crippen molar-refractivity contribution in [3.8, 4) is 6.07 Å². The maximum atomic E-state index is 8.37. The average Bonchev–Trinajstić information content (AvgIpc) is 2.00. The number of allylic oxidation sites excluding steroid dienone is 6. The van der Waals surface area contributed by atoms with E-state index in [4.69, 9.17) is 5.26 Å². The summed E-state index contributed by atoms with van der Waals surface area (Å²) in [5.41, 5.74) is 2.11. The molecule has 0 aromatic heterocycles. The lowest BCUT2D eigenvalue weighted by Crippen LogP contribution is -1.78. The summed E-state index contributed by atoms with van der Waals surface area (Å²) in [6.45, 7) is 5.85. The van der Waals surface area contributed by atoms with Crippen molar-refractivity contribution >= 4 is 0 Å². The molecule has 0 aromatic rings. The highest BCUT2D eigenvalue weighted by molar-refractivity contribution is 5.40. The van der Waals surface area contributed by atoms with E-state index in [1.165, 1.54) is 0 Å². The maximum Gasteiger partial charge on any atom is 0.0915 e. The molecule has 0 radical (unpaired) electrons. The van der Waals surface area contributed by atoms with Crippen LogP contribution >= 0.6 is 0 Å². The van der Waals surface area contributed by atoms with Crippen molar-refractivity contribution < 1.29 is 0 Å². The first kappa shape index (κ1) is 9.71. The number of hydrogen-bond acceptors (Lipinski definition) is 1. The standard InChI is InChI=1S/C10H13N/c1-4-6-10(5-2)9(3)7-8-11/h4-7H,1-3H3/b6-4-,9-7-,10-5+. The lowest BCUT2D eigenvalue weighted by atomic mass is 10.1. The first-order valence-electron chi connectivity index (χ1n) is 3.62. The van der Waals surface area contributed by atoms with Gasteiger partial charge in [-0.3, -0.25) is 0 Å². The molecule has 0 bridgehead atoms. The molecular weight excluding hydrogens is 134 g/mol. The molecule has 0 N–H and O–H groups in total. The molecule has 11 heavy (non-hydrogen) atoms. The molecule has 0 fully saturated rings. The molecule has 0 heterocycles. The maximum absolute atomic E-state index is 8.37. The third-order valence-electron chi connectivity index (χ3n) is 1.39.